The van der Waals surface area contributed by atoms with Crippen molar-refractivity contribution in [1.29, 1.82) is 5.26 Å². The molecule has 120 valence electrons. The van der Waals surface area contributed by atoms with Gasteiger partial charge < -0.3 is 10.2 Å². The largest absolute Gasteiger partial charge is 0.352 e. The van der Waals surface area contributed by atoms with Gasteiger partial charge in [0.2, 0.25) is 5.91 Å². The van der Waals surface area contributed by atoms with Crippen molar-refractivity contribution in [1.82, 2.24) is 5.32 Å². The smallest absolute Gasteiger partial charge is 0.251 e. The van der Waals surface area contributed by atoms with Gasteiger partial charge >= 0.3 is 0 Å². The van der Waals surface area contributed by atoms with E-state index in [1.54, 1.807) is 36.2 Å². The lowest BCUT2D eigenvalue weighted by atomic mass is 10.1. The Morgan fingerprint density at radius 1 is 1.29 bits per heavy atom. The van der Waals surface area contributed by atoms with Crippen LogP contribution < -0.4 is 10.2 Å². The summed E-state index contributed by atoms with van der Waals surface area (Å²) in [7, 11) is 1.78. The number of anilines is 1. The summed E-state index contributed by atoms with van der Waals surface area (Å²) >= 11 is 0. The SMILES string of the molecule is CN1C(=O)Cc2cc(CCNC(=O)c3cccc(C#N)c3)ccc21. The number of nitrogens with one attached hydrogen (secondary N) is 1. The predicted octanol–water partition coefficient (Wildman–Crippen LogP) is 2.05. The third-order valence-corrected chi connectivity index (χ3v) is 4.17. The second-order valence-corrected chi connectivity index (χ2v) is 5.79. The molecule has 2 amide bonds. The molecule has 0 saturated heterocycles. The number of hydrogen-bond acceptors (Lipinski definition) is 3. The number of benzene rings is 2. The molecule has 0 saturated carbocycles. The summed E-state index contributed by atoms with van der Waals surface area (Å²) < 4.78 is 0. The average molecular weight is 319 g/mol. The van der Waals surface area contributed by atoms with Gasteiger partial charge in [0.15, 0.2) is 0 Å². The summed E-state index contributed by atoms with van der Waals surface area (Å²) in [5.41, 5.74) is 4.03. The van der Waals surface area contributed by atoms with Crippen LogP contribution in [0.25, 0.3) is 0 Å². The quantitative estimate of drug-likeness (QED) is 0.937. The maximum absolute atomic E-state index is 12.1. The first-order chi connectivity index (χ1) is 11.6. The number of nitriles is 1. The van der Waals surface area contributed by atoms with E-state index in [0.29, 0.717) is 30.5 Å². The van der Waals surface area contributed by atoms with E-state index in [1.165, 1.54) is 0 Å². The highest BCUT2D eigenvalue weighted by Gasteiger charge is 2.23. The van der Waals surface area contributed by atoms with Crippen molar-refractivity contribution in [3.63, 3.8) is 0 Å². The van der Waals surface area contributed by atoms with Gasteiger partial charge in [0.25, 0.3) is 5.91 Å². The minimum absolute atomic E-state index is 0.104. The van der Waals surface area contributed by atoms with Crippen LogP contribution in [-0.4, -0.2) is 25.4 Å². The Kier molecular flexibility index (Phi) is 4.30. The molecule has 0 aliphatic carbocycles. The van der Waals surface area contributed by atoms with Crippen molar-refractivity contribution < 1.29 is 9.59 Å². The highest BCUT2D eigenvalue weighted by atomic mass is 16.2. The van der Waals surface area contributed by atoms with E-state index in [2.05, 4.69) is 5.32 Å². The molecule has 3 rings (SSSR count). The fourth-order valence-electron chi connectivity index (χ4n) is 2.83. The second-order valence-electron chi connectivity index (χ2n) is 5.79. The van der Waals surface area contributed by atoms with Gasteiger partial charge in [-0.3, -0.25) is 9.59 Å². The van der Waals surface area contributed by atoms with Crippen molar-refractivity contribution >= 4 is 17.5 Å². The zero-order valence-electron chi connectivity index (χ0n) is 13.4. The van der Waals surface area contributed by atoms with Crippen LogP contribution in [0, 0.1) is 11.3 Å². The van der Waals surface area contributed by atoms with E-state index in [4.69, 9.17) is 5.26 Å². The van der Waals surface area contributed by atoms with Gasteiger partial charge in [-0.2, -0.15) is 5.26 Å². The normalized spacial score (nSPS) is 12.7. The first-order valence-corrected chi connectivity index (χ1v) is 7.75. The predicted molar refractivity (Wildman–Crippen MR) is 90.8 cm³/mol. The molecule has 24 heavy (non-hydrogen) atoms. The number of nitrogens with zero attached hydrogens (tertiary/aromatic N) is 2. The van der Waals surface area contributed by atoms with Crippen LogP contribution in [0.5, 0.6) is 0 Å². The Bertz CT molecular complexity index is 852. The van der Waals surface area contributed by atoms with Crippen LogP contribution in [0.15, 0.2) is 42.5 Å². The Hall–Kier alpha value is -3.13. The number of fused-ring (bicyclic) bond motifs is 1. The molecule has 5 heteroatoms. The van der Waals surface area contributed by atoms with Gasteiger partial charge in [-0.15, -0.1) is 0 Å². The molecule has 1 N–H and O–H groups in total. The Balaban J connectivity index is 1.59. The molecule has 0 aromatic heterocycles. The Morgan fingerprint density at radius 2 is 2.12 bits per heavy atom. The lowest BCUT2D eigenvalue weighted by molar-refractivity contribution is -0.117. The van der Waals surface area contributed by atoms with Crippen LogP contribution in [0.3, 0.4) is 0 Å². The fraction of sp³-hybridized carbons (Fsp3) is 0.211. The van der Waals surface area contributed by atoms with Gasteiger partial charge in [-0.05, 0) is 41.8 Å². The van der Waals surface area contributed by atoms with E-state index in [1.807, 2.05) is 24.3 Å². The lowest BCUT2D eigenvalue weighted by Gasteiger charge is -2.11. The molecule has 0 radical (unpaired) electrons. The van der Waals surface area contributed by atoms with Crippen molar-refractivity contribution in [2.75, 3.05) is 18.5 Å². The van der Waals surface area contributed by atoms with E-state index in [-0.39, 0.29) is 11.8 Å². The molecule has 2 aromatic carbocycles. The topological polar surface area (TPSA) is 73.2 Å². The zero-order valence-corrected chi connectivity index (χ0v) is 13.4. The van der Waals surface area contributed by atoms with Crippen LogP contribution in [0.2, 0.25) is 0 Å². The number of amides is 2. The molecule has 1 heterocycles. The number of rotatable bonds is 4. The third-order valence-electron chi connectivity index (χ3n) is 4.17. The monoisotopic (exact) mass is 319 g/mol. The highest BCUT2D eigenvalue weighted by Crippen LogP contribution is 2.28. The maximum atomic E-state index is 12.1. The average Bonchev–Trinajstić information content (AvgIpc) is 2.88. The van der Waals surface area contributed by atoms with Crippen molar-refractivity contribution in [2.24, 2.45) is 0 Å². The van der Waals surface area contributed by atoms with Crippen LogP contribution in [0.4, 0.5) is 5.69 Å². The molecule has 0 unspecified atom stereocenters. The summed E-state index contributed by atoms with van der Waals surface area (Å²) in [6.07, 6.45) is 1.13. The van der Waals surface area contributed by atoms with E-state index in [0.717, 1.165) is 16.8 Å². The second kappa shape index (κ2) is 6.55. The minimum atomic E-state index is -0.192. The van der Waals surface area contributed by atoms with Gasteiger partial charge in [-0.1, -0.05) is 18.2 Å². The molecular formula is C19H17N3O2. The molecule has 5 nitrogen and oxygen atoms in total. The first kappa shape index (κ1) is 15.8. The molecular weight excluding hydrogens is 302 g/mol. The molecule has 2 aromatic rings. The summed E-state index contributed by atoms with van der Waals surface area (Å²) in [5, 5.41) is 11.7. The fourth-order valence-corrected chi connectivity index (χ4v) is 2.83. The summed E-state index contributed by atoms with van der Waals surface area (Å²) in [4.78, 5) is 25.5. The molecule has 1 aliphatic heterocycles. The molecule has 0 fully saturated rings. The molecule has 1 aliphatic rings. The number of carbonyl (C=O) groups excluding carboxylic acids is 2. The minimum Gasteiger partial charge on any atom is -0.352 e. The highest BCUT2D eigenvalue weighted by molar-refractivity contribution is 6.01. The first-order valence-electron chi connectivity index (χ1n) is 7.75. The van der Waals surface area contributed by atoms with Gasteiger partial charge in [0, 0.05) is 24.8 Å². The van der Waals surface area contributed by atoms with Gasteiger partial charge in [-0.25, -0.2) is 0 Å². The number of hydrogen-bond donors (Lipinski definition) is 1. The zero-order chi connectivity index (χ0) is 17.1. The molecule has 0 spiro atoms. The summed E-state index contributed by atoms with van der Waals surface area (Å²) in [5.74, 6) is -0.0870. The lowest BCUT2D eigenvalue weighted by Crippen LogP contribution is -2.25. The van der Waals surface area contributed by atoms with Gasteiger partial charge in [0.1, 0.15) is 0 Å². The molecule has 0 atom stereocenters. The Labute approximate surface area is 140 Å². The van der Waals surface area contributed by atoms with Crippen molar-refractivity contribution in [2.45, 2.75) is 12.8 Å². The summed E-state index contributed by atoms with van der Waals surface area (Å²) in [6, 6.07) is 14.6. The van der Waals surface area contributed by atoms with Gasteiger partial charge in [0.05, 0.1) is 18.1 Å². The van der Waals surface area contributed by atoms with Crippen LogP contribution in [-0.2, 0) is 17.6 Å². The van der Waals surface area contributed by atoms with Crippen molar-refractivity contribution in [3.8, 4) is 6.07 Å². The van der Waals surface area contributed by atoms with E-state index in [9.17, 15) is 9.59 Å². The van der Waals surface area contributed by atoms with Crippen LogP contribution >= 0.6 is 0 Å². The maximum Gasteiger partial charge on any atom is 0.251 e. The third kappa shape index (κ3) is 3.13. The van der Waals surface area contributed by atoms with Crippen molar-refractivity contribution in [3.05, 3.63) is 64.7 Å². The summed E-state index contributed by atoms with van der Waals surface area (Å²) in [6.45, 7) is 0.498. The Morgan fingerprint density at radius 3 is 2.92 bits per heavy atom. The molecule has 0 bridgehead atoms. The standard InChI is InChI=1S/C19H17N3O2/c1-22-17-6-5-13(9-16(17)11-18(22)23)7-8-21-19(24)15-4-2-3-14(10-15)12-20/h2-6,9-10H,7-8,11H2,1H3,(H,21,24). The van der Waals surface area contributed by atoms with E-state index < -0.39 is 0 Å². The van der Waals surface area contributed by atoms with E-state index >= 15 is 0 Å². The van der Waals surface area contributed by atoms with Crippen LogP contribution in [0.1, 0.15) is 27.0 Å². The number of carbonyl (C=O) groups is 2. The number of likely N-dealkylation sites (N-methyl/N-ethyl adjacent to an activating group) is 1.